The van der Waals surface area contributed by atoms with Gasteiger partial charge in [0.1, 0.15) is 5.75 Å². The summed E-state index contributed by atoms with van der Waals surface area (Å²) in [6, 6.07) is 14.0. The Morgan fingerprint density at radius 1 is 0.958 bits per heavy atom. The number of hydrogen-bond donors (Lipinski definition) is 2. The topological polar surface area (TPSA) is 84.3 Å². The minimum atomic E-state index is -0.957. The minimum Gasteiger partial charge on any atom is -0.497 e. The number of carboxylic acids is 1. The number of nitrogens with zero attached hydrogens (tertiary/aromatic N) is 2. The molecule has 0 fully saturated rings. The van der Waals surface area contributed by atoms with Crippen LogP contribution in [0.3, 0.4) is 0 Å². The van der Waals surface area contributed by atoms with Gasteiger partial charge in [0.2, 0.25) is 5.95 Å². The van der Waals surface area contributed by atoms with Gasteiger partial charge in [-0.15, -0.1) is 0 Å². The summed E-state index contributed by atoms with van der Waals surface area (Å²) < 4.78 is 5.14. The van der Waals surface area contributed by atoms with Gasteiger partial charge in [0.25, 0.3) is 0 Å². The molecular weight excluding hydrogens is 306 g/mol. The fraction of sp³-hybridized carbons (Fsp3) is 0.0556. The van der Waals surface area contributed by atoms with Crippen LogP contribution in [0.15, 0.2) is 60.9 Å². The van der Waals surface area contributed by atoms with Crippen LogP contribution in [0.5, 0.6) is 5.75 Å². The molecule has 3 rings (SSSR count). The van der Waals surface area contributed by atoms with Crippen LogP contribution in [-0.4, -0.2) is 28.2 Å². The van der Waals surface area contributed by atoms with E-state index in [0.717, 1.165) is 22.6 Å². The molecule has 0 spiro atoms. The zero-order valence-electron chi connectivity index (χ0n) is 12.9. The fourth-order valence-electron chi connectivity index (χ4n) is 2.15. The summed E-state index contributed by atoms with van der Waals surface area (Å²) in [6.45, 7) is 0. The highest BCUT2D eigenvalue weighted by molar-refractivity contribution is 5.88. The van der Waals surface area contributed by atoms with Crippen molar-refractivity contribution in [3.05, 3.63) is 66.5 Å². The van der Waals surface area contributed by atoms with E-state index >= 15 is 0 Å². The summed E-state index contributed by atoms with van der Waals surface area (Å²) in [5.41, 5.74) is 2.84. The van der Waals surface area contributed by atoms with E-state index < -0.39 is 5.97 Å². The van der Waals surface area contributed by atoms with Gasteiger partial charge in [-0.1, -0.05) is 12.1 Å². The van der Waals surface area contributed by atoms with E-state index in [0.29, 0.717) is 5.95 Å². The lowest BCUT2D eigenvalue weighted by molar-refractivity contribution is 0.0697. The number of methoxy groups -OCH3 is 1. The smallest absolute Gasteiger partial charge is 0.335 e. The fourth-order valence-corrected chi connectivity index (χ4v) is 2.15. The third-order valence-corrected chi connectivity index (χ3v) is 3.46. The van der Waals surface area contributed by atoms with Crippen molar-refractivity contribution in [2.24, 2.45) is 0 Å². The largest absolute Gasteiger partial charge is 0.497 e. The molecule has 0 saturated carbocycles. The molecule has 0 aliphatic heterocycles. The van der Waals surface area contributed by atoms with E-state index in [9.17, 15) is 4.79 Å². The Kier molecular flexibility index (Phi) is 4.38. The van der Waals surface area contributed by atoms with Crippen LogP contribution in [-0.2, 0) is 0 Å². The molecule has 1 aromatic heterocycles. The number of rotatable bonds is 5. The molecule has 0 saturated heterocycles. The Morgan fingerprint density at radius 2 is 1.58 bits per heavy atom. The number of carboxylic acid groups (broad SMARTS) is 1. The molecule has 0 atom stereocenters. The second-order valence-electron chi connectivity index (χ2n) is 5.03. The number of carbonyl (C=O) groups is 1. The molecule has 0 amide bonds. The van der Waals surface area contributed by atoms with Gasteiger partial charge >= 0.3 is 5.97 Å². The lowest BCUT2D eigenvalue weighted by Gasteiger charge is -2.07. The van der Waals surface area contributed by atoms with Crippen molar-refractivity contribution in [3.8, 4) is 16.9 Å². The van der Waals surface area contributed by atoms with Crippen molar-refractivity contribution < 1.29 is 14.6 Å². The van der Waals surface area contributed by atoms with E-state index in [1.54, 1.807) is 31.6 Å². The molecule has 0 aliphatic carbocycles. The first-order chi connectivity index (χ1) is 11.7. The molecule has 0 aliphatic rings. The van der Waals surface area contributed by atoms with Gasteiger partial charge in [0.05, 0.1) is 12.7 Å². The number of benzene rings is 2. The summed E-state index contributed by atoms with van der Waals surface area (Å²) in [5, 5.41) is 11.9. The van der Waals surface area contributed by atoms with Crippen LogP contribution in [0.1, 0.15) is 10.4 Å². The summed E-state index contributed by atoms with van der Waals surface area (Å²) >= 11 is 0. The van der Waals surface area contributed by atoms with Crippen molar-refractivity contribution in [1.29, 1.82) is 0 Å². The predicted octanol–water partition coefficient (Wildman–Crippen LogP) is 3.59. The Labute approximate surface area is 138 Å². The molecule has 6 nitrogen and oxygen atoms in total. The van der Waals surface area contributed by atoms with Crippen molar-refractivity contribution in [2.45, 2.75) is 0 Å². The molecule has 0 unspecified atom stereocenters. The van der Waals surface area contributed by atoms with Gasteiger partial charge in [0, 0.05) is 23.6 Å². The maximum Gasteiger partial charge on any atom is 0.335 e. The standard InChI is InChI=1S/C18H15N3O3/c1-24-16-8-4-12(5-9-16)14-10-19-18(20-11-14)21-15-6-2-13(3-7-15)17(22)23/h2-11H,1H3,(H,22,23)(H,19,20,21). The lowest BCUT2D eigenvalue weighted by Crippen LogP contribution is -1.99. The number of nitrogens with one attached hydrogen (secondary N) is 1. The highest BCUT2D eigenvalue weighted by Crippen LogP contribution is 2.22. The maximum absolute atomic E-state index is 10.8. The second kappa shape index (κ2) is 6.78. The molecule has 0 bridgehead atoms. The van der Waals surface area contributed by atoms with Gasteiger partial charge in [-0.3, -0.25) is 0 Å². The van der Waals surface area contributed by atoms with Gasteiger partial charge in [-0.25, -0.2) is 14.8 Å². The van der Waals surface area contributed by atoms with Gasteiger partial charge in [0.15, 0.2) is 0 Å². The molecule has 2 N–H and O–H groups in total. The van der Waals surface area contributed by atoms with Crippen LogP contribution >= 0.6 is 0 Å². The van der Waals surface area contributed by atoms with Crippen LogP contribution in [0.2, 0.25) is 0 Å². The molecule has 2 aromatic carbocycles. The molecule has 6 heteroatoms. The number of aromatic carboxylic acids is 1. The van der Waals surface area contributed by atoms with Gasteiger partial charge < -0.3 is 15.2 Å². The summed E-state index contributed by atoms with van der Waals surface area (Å²) in [6.07, 6.45) is 3.45. The first-order valence-corrected chi connectivity index (χ1v) is 7.22. The predicted molar refractivity (Wildman–Crippen MR) is 90.7 cm³/mol. The highest BCUT2D eigenvalue weighted by Gasteiger charge is 2.04. The molecule has 1 heterocycles. The number of hydrogen-bond acceptors (Lipinski definition) is 5. The average molecular weight is 321 g/mol. The Morgan fingerprint density at radius 3 is 2.12 bits per heavy atom. The van der Waals surface area contributed by atoms with E-state index in [1.807, 2.05) is 24.3 Å². The number of aromatic nitrogens is 2. The van der Waals surface area contributed by atoms with Crippen LogP contribution in [0.4, 0.5) is 11.6 Å². The number of anilines is 2. The van der Waals surface area contributed by atoms with Crippen LogP contribution in [0, 0.1) is 0 Å². The van der Waals surface area contributed by atoms with Crippen molar-refractivity contribution in [2.75, 3.05) is 12.4 Å². The van der Waals surface area contributed by atoms with Crippen molar-refractivity contribution in [3.63, 3.8) is 0 Å². The van der Waals surface area contributed by atoms with E-state index in [1.165, 1.54) is 12.1 Å². The van der Waals surface area contributed by atoms with Crippen LogP contribution in [0.25, 0.3) is 11.1 Å². The first kappa shape index (κ1) is 15.5. The highest BCUT2D eigenvalue weighted by atomic mass is 16.5. The Hall–Kier alpha value is -3.41. The summed E-state index contributed by atoms with van der Waals surface area (Å²) in [7, 11) is 1.63. The molecule has 120 valence electrons. The normalized spacial score (nSPS) is 10.2. The monoisotopic (exact) mass is 321 g/mol. The third kappa shape index (κ3) is 3.49. The Balaban J connectivity index is 1.72. The second-order valence-corrected chi connectivity index (χ2v) is 5.03. The lowest BCUT2D eigenvalue weighted by atomic mass is 10.1. The van der Waals surface area contributed by atoms with E-state index in [2.05, 4.69) is 15.3 Å². The zero-order valence-corrected chi connectivity index (χ0v) is 12.9. The van der Waals surface area contributed by atoms with Gasteiger partial charge in [-0.05, 0) is 42.0 Å². The number of ether oxygens (including phenoxy) is 1. The first-order valence-electron chi connectivity index (χ1n) is 7.22. The van der Waals surface area contributed by atoms with Gasteiger partial charge in [-0.2, -0.15) is 0 Å². The zero-order chi connectivity index (χ0) is 16.9. The van der Waals surface area contributed by atoms with E-state index in [-0.39, 0.29) is 5.56 Å². The van der Waals surface area contributed by atoms with Crippen molar-refractivity contribution in [1.82, 2.24) is 9.97 Å². The summed E-state index contributed by atoms with van der Waals surface area (Å²) in [4.78, 5) is 19.4. The van der Waals surface area contributed by atoms with E-state index in [4.69, 9.17) is 9.84 Å². The molecule has 0 radical (unpaired) electrons. The third-order valence-electron chi connectivity index (χ3n) is 3.46. The van der Waals surface area contributed by atoms with Crippen LogP contribution < -0.4 is 10.1 Å². The molecular formula is C18H15N3O3. The molecule has 3 aromatic rings. The maximum atomic E-state index is 10.8. The Bertz CT molecular complexity index is 829. The SMILES string of the molecule is COc1ccc(-c2cnc(Nc3ccc(C(=O)O)cc3)nc2)cc1. The quantitative estimate of drug-likeness (QED) is 0.747. The minimum absolute atomic E-state index is 0.233. The summed E-state index contributed by atoms with van der Waals surface area (Å²) in [5.74, 6) is 0.278. The van der Waals surface area contributed by atoms with Crippen molar-refractivity contribution >= 4 is 17.6 Å². The average Bonchev–Trinajstić information content (AvgIpc) is 2.63. The molecule has 24 heavy (non-hydrogen) atoms.